The Labute approximate surface area is 114 Å². The lowest BCUT2D eigenvalue weighted by Gasteiger charge is -2.17. The molecule has 0 bridgehead atoms. The molecule has 0 aliphatic rings. The molecule has 1 atom stereocenters. The lowest BCUT2D eigenvalue weighted by atomic mass is 10.0. The summed E-state index contributed by atoms with van der Waals surface area (Å²) in [7, 11) is 0. The van der Waals surface area contributed by atoms with E-state index < -0.39 is 17.8 Å². The van der Waals surface area contributed by atoms with Crippen LogP contribution in [0.4, 0.5) is 13.2 Å². The first kappa shape index (κ1) is 14.6. The Bertz CT molecular complexity index is 573. The molecular formula is C14H15F3N2O. The summed E-state index contributed by atoms with van der Waals surface area (Å²) in [5.41, 5.74) is 0.228. The van der Waals surface area contributed by atoms with Gasteiger partial charge in [-0.1, -0.05) is 12.1 Å². The average Bonchev–Trinajstić information content (AvgIpc) is 2.86. The number of benzene rings is 1. The highest BCUT2D eigenvalue weighted by Gasteiger charge is 2.30. The van der Waals surface area contributed by atoms with Gasteiger partial charge in [-0.05, 0) is 31.5 Å². The maximum Gasteiger partial charge on any atom is 0.416 e. The summed E-state index contributed by atoms with van der Waals surface area (Å²) in [6.45, 7) is 3.87. The van der Waals surface area contributed by atoms with Gasteiger partial charge < -0.3 is 9.67 Å². The number of aromatic nitrogens is 2. The van der Waals surface area contributed by atoms with Gasteiger partial charge in [-0.15, -0.1) is 0 Å². The number of rotatable bonds is 3. The summed E-state index contributed by atoms with van der Waals surface area (Å²) in [4.78, 5) is 3.97. The van der Waals surface area contributed by atoms with Gasteiger partial charge in [-0.25, -0.2) is 4.98 Å². The van der Waals surface area contributed by atoms with Crippen LogP contribution in [0.5, 0.6) is 0 Å². The first-order valence-corrected chi connectivity index (χ1v) is 6.17. The van der Waals surface area contributed by atoms with Crippen molar-refractivity contribution in [2.75, 3.05) is 0 Å². The molecular weight excluding hydrogens is 269 g/mol. The summed E-state index contributed by atoms with van der Waals surface area (Å²) in [6, 6.07) is 4.61. The van der Waals surface area contributed by atoms with Crippen molar-refractivity contribution >= 4 is 0 Å². The van der Waals surface area contributed by atoms with Gasteiger partial charge in [0.15, 0.2) is 0 Å². The summed E-state index contributed by atoms with van der Waals surface area (Å²) >= 11 is 0. The molecule has 0 radical (unpaired) electrons. The molecule has 0 fully saturated rings. The van der Waals surface area contributed by atoms with Crippen LogP contribution in [-0.2, 0) is 6.18 Å². The normalized spacial score (nSPS) is 13.8. The minimum Gasteiger partial charge on any atom is -0.382 e. The third-order valence-corrected chi connectivity index (χ3v) is 3.09. The van der Waals surface area contributed by atoms with Gasteiger partial charge in [0, 0.05) is 6.04 Å². The van der Waals surface area contributed by atoms with Crippen molar-refractivity contribution in [2.24, 2.45) is 0 Å². The van der Waals surface area contributed by atoms with Gasteiger partial charge >= 0.3 is 6.18 Å². The van der Waals surface area contributed by atoms with Gasteiger partial charge in [0.05, 0.1) is 23.8 Å². The second-order valence-electron chi connectivity index (χ2n) is 4.84. The summed E-state index contributed by atoms with van der Waals surface area (Å²) in [5, 5.41) is 10.3. The molecule has 0 saturated heterocycles. The number of aliphatic hydroxyl groups is 1. The van der Waals surface area contributed by atoms with Crippen molar-refractivity contribution in [3.8, 4) is 0 Å². The van der Waals surface area contributed by atoms with E-state index in [9.17, 15) is 18.3 Å². The number of aliphatic hydroxyl groups excluding tert-OH is 1. The minimum absolute atomic E-state index is 0.108. The Hall–Kier alpha value is -1.82. The molecule has 2 rings (SSSR count). The van der Waals surface area contributed by atoms with E-state index in [4.69, 9.17) is 0 Å². The largest absolute Gasteiger partial charge is 0.416 e. The Morgan fingerprint density at radius 1 is 1.15 bits per heavy atom. The van der Waals surface area contributed by atoms with Crippen LogP contribution in [0.15, 0.2) is 36.8 Å². The van der Waals surface area contributed by atoms with Crippen LogP contribution >= 0.6 is 0 Å². The monoisotopic (exact) mass is 284 g/mol. The molecule has 1 aromatic heterocycles. The molecule has 1 N–H and O–H groups in total. The predicted octanol–water partition coefficient (Wildman–Crippen LogP) is 3.56. The molecule has 1 unspecified atom stereocenters. The number of nitrogens with zero attached hydrogens (tertiary/aromatic N) is 2. The summed E-state index contributed by atoms with van der Waals surface area (Å²) < 4.78 is 39.2. The molecule has 3 nitrogen and oxygen atoms in total. The van der Waals surface area contributed by atoms with Gasteiger partial charge in [-0.3, -0.25) is 0 Å². The fourth-order valence-electron chi connectivity index (χ4n) is 1.98. The molecule has 1 aromatic carbocycles. The average molecular weight is 284 g/mol. The van der Waals surface area contributed by atoms with Gasteiger partial charge in [0.25, 0.3) is 0 Å². The fraction of sp³-hybridized carbons (Fsp3) is 0.357. The zero-order chi connectivity index (χ0) is 14.9. The minimum atomic E-state index is -4.37. The van der Waals surface area contributed by atoms with Crippen molar-refractivity contribution < 1.29 is 18.3 Å². The van der Waals surface area contributed by atoms with Gasteiger partial charge in [0.2, 0.25) is 0 Å². The summed E-state index contributed by atoms with van der Waals surface area (Å²) in [5.74, 6) is 0. The molecule has 0 saturated carbocycles. The van der Waals surface area contributed by atoms with Crippen LogP contribution in [0.25, 0.3) is 0 Å². The highest BCUT2D eigenvalue weighted by molar-refractivity contribution is 5.30. The number of hydrogen-bond acceptors (Lipinski definition) is 2. The third-order valence-electron chi connectivity index (χ3n) is 3.09. The molecule has 0 amide bonds. The van der Waals surface area contributed by atoms with E-state index in [1.807, 2.05) is 13.8 Å². The van der Waals surface area contributed by atoms with Crippen molar-refractivity contribution in [2.45, 2.75) is 32.2 Å². The highest BCUT2D eigenvalue weighted by atomic mass is 19.4. The second-order valence-corrected chi connectivity index (χ2v) is 4.84. The van der Waals surface area contributed by atoms with E-state index in [-0.39, 0.29) is 6.04 Å². The van der Waals surface area contributed by atoms with Crippen LogP contribution < -0.4 is 0 Å². The molecule has 0 spiro atoms. The van der Waals surface area contributed by atoms with Crippen LogP contribution in [0.3, 0.4) is 0 Å². The lowest BCUT2D eigenvalue weighted by molar-refractivity contribution is -0.137. The smallest absolute Gasteiger partial charge is 0.382 e. The van der Waals surface area contributed by atoms with Crippen molar-refractivity contribution in [1.29, 1.82) is 0 Å². The topological polar surface area (TPSA) is 38.0 Å². The Balaban J connectivity index is 2.29. The van der Waals surface area contributed by atoms with Gasteiger partial charge in [-0.2, -0.15) is 13.2 Å². The number of hydrogen-bond donors (Lipinski definition) is 1. The van der Waals surface area contributed by atoms with E-state index in [0.29, 0.717) is 11.3 Å². The zero-order valence-electron chi connectivity index (χ0n) is 11.1. The first-order chi connectivity index (χ1) is 9.30. The standard InChI is InChI=1S/C14H15F3N2O/c1-9(2)19-8-18-7-12(19)13(20)10-3-5-11(6-4-10)14(15,16)17/h3-9,13,20H,1-2H3. The fourth-order valence-corrected chi connectivity index (χ4v) is 1.98. The van der Waals surface area contributed by atoms with Crippen LogP contribution in [0.2, 0.25) is 0 Å². The molecule has 1 heterocycles. The van der Waals surface area contributed by atoms with E-state index in [1.165, 1.54) is 18.3 Å². The zero-order valence-corrected chi connectivity index (χ0v) is 11.1. The molecule has 2 aromatic rings. The van der Waals surface area contributed by atoms with Crippen molar-refractivity contribution in [3.05, 3.63) is 53.6 Å². The predicted molar refractivity (Wildman–Crippen MR) is 68.1 cm³/mol. The Kier molecular flexibility index (Phi) is 3.85. The number of halogens is 3. The van der Waals surface area contributed by atoms with Crippen molar-refractivity contribution in [3.63, 3.8) is 0 Å². The van der Waals surface area contributed by atoms with E-state index in [0.717, 1.165) is 12.1 Å². The van der Waals surface area contributed by atoms with E-state index >= 15 is 0 Å². The van der Waals surface area contributed by atoms with Gasteiger partial charge in [0.1, 0.15) is 6.10 Å². The van der Waals surface area contributed by atoms with Crippen molar-refractivity contribution in [1.82, 2.24) is 9.55 Å². The van der Waals surface area contributed by atoms with Crippen LogP contribution in [-0.4, -0.2) is 14.7 Å². The van der Waals surface area contributed by atoms with Crippen LogP contribution in [0, 0.1) is 0 Å². The Morgan fingerprint density at radius 2 is 1.75 bits per heavy atom. The molecule has 0 aliphatic carbocycles. The van der Waals surface area contributed by atoms with E-state index in [2.05, 4.69) is 4.98 Å². The Morgan fingerprint density at radius 3 is 2.25 bits per heavy atom. The number of imidazole rings is 1. The highest BCUT2D eigenvalue weighted by Crippen LogP contribution is 2.31. The molecule has 108 valence electrons. The van der Waals surface area contributed by atoms with Crippen LogP contribution in [0.1, 0.15) is 42.8 Å². The quantitative estimate of drug-likeness (QED) is 0.935. The number of alkyl halides is 3. The molecule has 6 heteroatoms. The summed E-state index contributed by atoms with van der Waals surface area (Å²) in [6.07, 6.45) is -2.26. The third kappa shape index (κ3) is 2.85. The lowest BCUT2D eigenvalue weighted by Crippen LogP contribution is -2.10. The first-order valence-electron chi connectivity index (χ1n) is 6.17. The SMILES string of the molecule is CC(C)n1cncc1C(O)c1ccc(C(F)(F)F)cc1. The second kappa shape index (κ2) is 5.28. The molecule has 0 aliphatic heterocycles. The molecule has 20 heavy (non-hydrogen) atoms. The maximum absolute atomic E-state index is 12.5. The van der Waals surface area contributed by atoms with E-state index in [1.54, 1.807) is 10.9 Å². The maximum atomic E-state index is 12.5.